The molecule has 0 bridgehead atoms. The molecule has 5 nitrogen and oxygen atoms in total. The highest BCUT2D eigenvalue weighted by atomic mass is 16.2. The van der Waals surface area contributed by atoms with Crippen LogP contribution >= 0.6 is 0 Å². The first-order valence-electron chi connectivity index (χ1n) is 8.24. The van der Waals surface area contributed by atoms with Gasteiger partial charge in [0.25, 0.3) is 0 Å². The predicted octanol–water partition coefficient (Wildman–Crippen LogP) is 2.40. The van der Waals surface area contributed by atoms with Crippen molar-refractivity contribution >= 4 is 23.3 Å². The molecule has 1 saturated heterocycles. The number of likely N-dealkylation sites (tertiary alicyclic amines) is 1. The lowest BCUT2D eigenvalue weighted by molar-refractivity contribution is -0.130. The number of hydrogen-bond acceptors (Lipinski definition) is 3. The maximum Gasteiger partial charge on any atom is 0.228 e. The molecule has 0 radical (unpaired) electrons. The molecule has 2 heterocycles. The lowest BCUT2D eigenvalue weighted by Gasteiger charge is -2.31. The van der Waals surface area contributed by atoms with Crippen LogP contribution in [0.4, 0.5) is 5.69 Å². The van der Waals surface area contributed by atoms with E-state index >= 15 is 0 Å². The third-order valence-electron chi connectivity index (χ3n) is 4.89. The van der Waals surface area contributed by atoms with E-state index in [1.54, 1.807) is 13.0 Å². The van der Waals surface area contributed by atoms with E-state index in [0.29, 0.717) is 24.3 Å². The summed E-state index contributed by atoms with van der Waals surface area (Å²) in [5.74, 6) is 0.788. The van der Waals surface area contributed by atoms with Crippen molar-refractivity contribution in [2.45, 2.75) is 39.0 Å². The maximum atomic E-state index is 12.4. The van der Waals surface area contributed by atoms with E-state index in [1.807, 2.05) is 17.0 Å². The van der Waals surface area contributed by atoms with Gasteiger partial charge in [0, 0.05) is 37.7 Å². The van der Waals surface area contributed by atoms with Crippen molar-refractivity contribution in [1.29, 1.82) is 0 Å². The van der Waals surface area contributed by atoms with E-state index in [-0.39, 0.29) is 17.6 Å². The lowest BCUT2D eigenvalue weighted by atomic mass is 9.90. The molecule has 122 valence electrons. The number of fused-ring (bicyclic) bond motifs is 1. The topological polar surface area (TPSA) is 66.5 Å². The molecule has 1 aromatic rings. The van der Waals surface area contributed by atoms with Crippen LogP contribution in [-0.4, -0.2) is 35.6 Å². The number of anilines is 1. The fraction of sp³-hybridized carbons (Fsp3) is 0.500. The molecule has 1 aromatic carbocycles. The number of benzene rings is 1. The first-order chi connectivity index (χ1) is 11.0. The average molecular weight is 314 g/mol. The zero-order valence-electron chi connectivity index (χ0n) is 13.4. The maximum absolute atomic E-state index is 12.4. The minimum absolute atomic E-state index is 0.0122. The minimum Gasteiger partial charge on any atom is -0.343 e. The summed E-state index contributed by atoms with van der Waals surface area (Å²) in [5.41, 5.74) is 2.43. The van der Waals surface area contributed by atoms with E-state index < -0.39 is 0 Å². The highest BCUT2D eigenvalue weighted by molar-refractivity contribution is 6.02. The smallest absolute Gasteiger partial charge is 0.228 e. The summed E-state index contributed by atoms with van der Waals surface area (Å²) in [6.07, 6.45) is 3.73. The van der Waals surface area contributed by atoms with Crippen molar-refractivity contribution in [3.8, 4) is 0 Å². The van der Waals surface area contributed by atoms with E-state index in [1.165, 1.54) is 0 Å². The van der Waals surface area contributed by atoms with E-state index in [9.17, 15) is 14.4 Å². The second-order valence-corrected chi connectivity index (χ2v) is 6.51. The zero-order valence-corrected chi connectivity index (χ0v) is 13.4. The van der Waals surface area contributed by atoms with Gasteiger partial charge in [-0.15, -0.1) is 0 Å². The summed E-state index contributed by atoms with van der Waals surface area (Å²) in [6.45, 7) is 3.22. The molecule has 3 rings (SSSR count). The molecule has 23 heavy (non-hydrogen) atoms. The lowest BCUT2D eigenvalue weighted by Crippen LogP contribution is -2.37. The number of hydrogen-bond donors (Lipinski definition) is 1. The summed E-state index contributed by atoms with van der Waals surface area (Å²) < 4.78 is 0. The van der Waals surface area contributed by atoms with Crippen molar-refractivity contribution in [1.82, 2.24) is 4.90 Å². The Balaban J connectivity index is 1.52. The van der Waals surface area contributed by atoms with Gasteiger partial charge in [0.05, 0.1) is 6.42 Å². The molecule has 5 heteroatoms. The summed E-state index contributed by atoms with van der Waals surface area (Å²) in [5, 5.41) is 2.78. The van der Waals surface area contributed by atoms with Gasteiger partial charge in [-0.2, -0.15) is 0 Å². The van der Waals surface area contributed by atoms with Crippen molar-refractivity contribution in [3.63, 3.8) is 0 Å². The van der Waals surface area contributed by atoms with E-state index in [2.05, 4.69) is 5.32 Å². The van der Waals surface area contributed by atoms with Crippen molar-refractivity contribution in [2.75, 3.05) is 18.4 Å². The number of Topliss-reactive ketones (excluding diaryl/α,β-unsaturated/α-hetero) is 1. The van der Waals surface area contributed by atoms with Crippen molar-refractivity contribution in [3.05, 3.63) is 29.3 Å². The molecule has 0 aliphatic carbocycles. The molecule has 1 N–H and O–H groups in total. The van der Waals surface area contributed by atoms with Crippen molar-refractivity contribution in [2.24, 2.45) is 5.92 Å². The minimum atomic E-state index is -0.0122. The number of nitrogens with one attached hydrogen (secondary N) is 1. The third-order valence-corrected chi connectivity index (χ3v) is 4.89. The van der Waals surface area contributed by atoms with Gasteiger partial charge in [-0.1, -0.05) is 0 Å². The summed E-state index contributed by atoms with van der Waals surface area (Å²) in [6, 6.07) is 5.46. The predicted molar refractivity (Wildman–Crippen MR) is 87.3 cm³/mol. The SMILES string of the molecule is CC(=O)N1CCC(CCC(=O)c2ccc3c(c2)CC(=O)N3)CC1. The quantitative estimate of drug-likeness (QED) is 0.868. The molecule has 2 aliphatic heterocycles. The molecule has 2 amide bonds. The Hall–Kier alpha value is -2.17. The summed E-state index contributed by atoms with van der Waals surface area (Å²) >= 11 is 0. The molecule has 1 fully saturated rings. The Morgan fingerprint density at radius 1 is 1.26 bits per heavy atom. The van der Waals surface area contributed by atoms with Crippen LogP contribution in [0, 0.1) is 5.92 Å². The Morgan fingerprint density at radius 3 is 2.70 bits per heavy atom. The standard InChI is InChI=1S/C18H22N2O3/c1-12(21)20-8-6-13(7-9-20)2-5-17(22)14-3-4-16-15(10-14)11-18(23)19-16/h3-4,10,13H,2,5-9,11H2,1H3,(H,19,23). The van der Waals surface area contributed by atoms with Crippen LogP contribution in [0.3, 0.4) is 0 Å². The van der Waals surface area contributed by atoms with Gasteiger partial charge in [0.1, 0.15) is 0 Å². The van der Waals surface area contributed by atoms with Gasteiger partial charge in [-0.05, 0) is 48.9 Å². The van der Waals surface area contributed by atoms with Gasteiger partial charge in [0.15, 0.2) is 5.78 Å². The number of carbonyl (C=O) groups excluding carboxylic acids is 3. The fourth-order valence-corrected chi connectivity index (χ4v) is 3.42. The van der Waals surface area contributed by atoms with Gasteiger partial charge >= 0.3 is 0 Å². The normalized spacial score (nSPS) is 17.8. The fourth-order valence-electron chi connectivity index (χ4n) is 3.42. The van der Waals surface area contributed by atoms with Crippen LogP contribution in [0.1, 0.15) is 48.5 Å². The van der Waals surface area contributed by atoms with Crippen LogP contribution in [-0.2, 0) is 16.0 Å². The van der Waals surface area contributed by atoms with Crippen LogP contribution < -0.4 is 5.32 Å². The van der Waals surface area contributed by atoms with Crippen LogP contribution in [0.25, 0.3) is 0 Å². The largest absolute Gasteiger partial charge is 0.343 e. The third kappa shape index (κ3) is 3.60. The van der Waals surface area contributed by atoms with Gasteiger partial charge in [-0.25, -0.2) is 0 Å². The second kappa shape index (κ2) is 6.52. The first kappa shape index (κ1) is 15.7. The van der Waals surface area contributed by atoms with E-state index in [4.69, 9.17) is 0 Å². The molecule has 0 atom stereocenters. The van der Waals surface area contributed by atoms with Gasteiger partial charge in [0.2, 0.25) is 11.8 Å². The summed E-state index contributed by atoms with van der Waals surface area (Å²) in [7, 11) is 0. The number of piperidine rings is 1. The Kier molecular flexibility index (Phi) is 4.46. The zero-order chi connectivity index (χ0) is 16.4. The van der Waals surface area contributed by atoms with Crippen molar-refractivity contribution < 1.29 is 14.4 Å². The summed E-state index contributed by atoms with van der Waals surface area (Å²) in [4.78, 5) is 36.9. The monoisotopic (exact) mass is 314 g/mol. The molecule has 2 aliphatic rings. The molecule has 0 saturated carbocycles. The first-order valence-corrected chi connectivity index (χ1v) is 8.24. The molecule has 0 spiro atoms. The average Bonchev–Trinajstić information content (AvgIpc) is 2.92. The van der Waals surface area contributed by atoms with Crippen LogP contribution in [0.15, 0.2) is 18.2 Å². The van der Waals surface area contributed by atoms with E-state index in [0.717, 1.165) is 43.6 Å². The number of ketones is 1. The highest BCUT2D eigenvalue weighted by Crippen LogP contribution is 2.26. The molecular formula is C18H22N2O3. The molecule has 0 aromatic heterocycles. The van der Waals surface area contributed by atoms with Crippen LogP contribution in [0.2, 0.25) is 0 Å². The Bertz CT molecular complexity index is 646. The van der Waals surface area contributed by atoms with Gasteiger partial charge in [-0.3, -0.25) is 14.4 Å². The second-order valence-electron chi connectivity index (χ2n) is 6.51. The Labute approximate surface area is 136 Å². The number of rotatable bonds is 4. The van der Waals surface area contributed by atoms with Crippen LogP contribution in [0.5, 0.6) is 0 Å². The highest BCUT2D eigenvalue weighted by Gasteiger charge is 2.22. The molecular weight excluding hydrogens is 292 g/mol. The van der Waals surface area contributed by atoms with Gasteiger partial charge < -0.3 is 10.2 Å². The number of nitrogens with zero attached hydrogens (tertiary/aromatic N) is 1. The number of carbonyl (C=O) groups is 3. The Morgan fingerprint density at radius 2 is 2.00 bits per heavy atom. The number of amides is 2. The molecule has 0 unspecified atom stereocenters.